The second kappa shape index (κ2) is 7.04. The van der Waals surface area contributed by atoms with Crippen molar-refractivity contribution in [3.05, 3.63) is 16.5 Å². The number of carbonyl (C=O) groups excluding carboxylic acids is 2. The van der Waals surface area contributed by atoms with Gasteiger partial charge in [0.1, 0.15) is 11.0 Å². The molecule has 1 heterocycles. The van der Waals surface area contributed by atoms with Crippen LogP contribution >= 0.6 is 11.3 Å². The van der Waals surface area contributed by atoms with Crippen molar-refractivity contribution in [1.29, 1.82) is 0 Å². The number of nitrogens with one attached hydrogen (secondary N) is 2. The van der Waals surface area contributed by atoms with E-state index in [0.717, 1.165) is 11.3 Å². The van der Waals surface area contributed by atoms with Crippen LogP contribution < -0.4 is 10.6 Å². The van der Waals surface area contributed by atoms with Gasteiger partial charge in [-0.2, -0.15) is 0 Å². The highest BCUT2D eigenvalue weighted by Crippen LogP contribution is 2.28. The van der Waals surface area contributed by atoms with Gasteiger partial charge >= 0.3 is 5.97 Å². The van der Waals surface area contributed by atoms with Gasteiger partial charge < -0.3 is 15.7 Å². The average molecular weight is 298 g/mol. The summed E-state index contributed by atoms with van der Waals surface area (Å²) in [6, 6.07) is 0.748. The summed E-state index contributed by atoms with van der Waals surface area (Å²) in [5.41, 5.74) is 0.307. The highest BCUT2D eigenvalue weighted by atomic mass is 32.1. The highest BCUT2D eigenvalue weighted by molar-refractivity contribution is 7.16. The molecule has 1 atom stereocenters. The Morgan fingerprint density at radius 2 is 2.00 bits per heavy atom. The second-order valence-electron chi connectivity index (χ2n) is 4.26. The number of anilines is 1. The van der Waals surface area contributed by atoms with E-state index in [9.17, 15) is 14.4 Å². The molecule has 1 aromatic rings. The number of hydrogen-bond acceptors (Lipinski definition) is 4. The highest BCUT2D eigenvalue weighted by Gasteiger charge is 2.22. The first-order valence-corrected chi connectivity index (χ1v) is 7.14. The Morgan fingerprint density at radius 1 is 1.35 bits per heavy atom. The zero-order valence-corrected chi connectivity index (χ0v) is 12.5. The van der Waals surface area contributed by atoms with Crippen molar-refractivity contribution in [3.8, 4) is 0 Å². The van der Waals surface area contributed by atoms with E-state index in [2.05, 4.69) is 10.6 Å². The molecule has 0 saturated carbocycles. The van der Waals surface area contributed by atoms with Crippen LogP contribution in [0.1, 0.15) is 42.4 Å². The molecule has 2 amide bonds. The molecule has 1 rings (SSSR count). The molecule has 0 aromatic carbocycles. The molecular formula is C13H18N2O4S. The summed E-state index contributed by atoms with van der Waals surface area (Å²) in [7, 11) is 0. The average Bonchev–Trinajstić information content (AvgIpc) is 2.77. The molecule has 0 bridgehead atoms. The van der Waals surface area contributed by atoms with Gasteiger partial charge in [-0.1, -0.05) is 13.8 Å². The fourth-order valence-corrected chi connectivity index (χ4v) is 2.65. The van der Waals surface area contributed by atoms with Crippen LogP contribution in [-0.2, 0) is 16.0 Å². The third kappa shape index (κ3) is 4.06. The molecular weight excluding hydrogens is 280 g/mol. The van der Waals surface area contributed by atoms with Crippen molar-refractivity contribution in [2.75, 3.05) is 5.32 Å². The zero-order valence-electron chi connectivity index (χ0n) is 11.6. The van der Waals surface area contributed by atoms with Gasteiger partial charge in [0.15, 0.2) is 0 Å². The van der Waals surface area contributed by atoms with Crippen LogP contribution in [0.5, 0.6) is 0 Å². The molecule has 0 radical (unpaired) electrons. The van der Waals surface area contributed by atoms with Crippen LogP contribution in [0.3, 0.4) is 0 Å². The zero-order chi connectivity index (χ0) is 15.3. The number of aryl methyl sites for hydroxylation is 1. The number of carboxylic acids is 1. The lowest BCUT2D eigenvalue weighted by atomic mass is 10.2. The maximum absolute atomic E-state index is 12.1. The molecule has 0 saturated heterocycles. The van der Waals surface area contributed by atoms with E-state index in [1.807, 2.05) is 6.92 Å². The summed E-state index contributed by atoms with van der Waals surface area (Å²) < 4.78 is 0. The number of aliphatic carboxylic acids is 1. The molecule has 20 heavy (non-hydrogen) atoms. The molecule has 0 aliphatic heterocycles. The van der Waals surface area contributed by atoms with E-state index in [-0.39, 0.29) is 5.91 Å². The van der Waals surface area contributed by atoms with Crippen LogP contribution in [0.25, 0.3) is 0 Å². The summed E-state index contributed by atoms with van der Waals surface area (Å²) in [5, 5.41) is 14.5. The maximum Gasteiger partial charge on any atom is 0.326 e. The number of thiophene rings is 1. The Labute approximate surface area is 121 Å². The van der Waals surface area contributed by atoms with Gasteiger partial charge in [0.25, 0.3) is 5.91 Å². The van der Waals surface area contributed by atoms with Crippen molar-refractivity contribution >= 4 is 34.1 Å². The van der Waals surface area contributed by atoms with Crippen LogP contribution in [0.2, 0.25) is 0 Å². The van der Waals surface area contributed by atoms with Gasteiger partial charge in [0.2, 0.25) is 5.91 Å². The molecule has 0 fully saturated rings. The second-order valence-corrected chi connectivity index (χ2v) is 5.40. The van der Waals surface area contributed by atoms with Gasteiger partial charge in [-0.05, 0) is 18.9 Å². The minimum Gasteiger partial charge on any atom is -0.480 e. The monoisotopic (exact) mass is 298 g/mol. The van der Waals surface area contributed by atoms with Gasteiger partial charge in [-0.25, -0.2) is 4.79 Å². The molecule has 110 valence electrons. The fraction of sp³-hybridized carbons (Fsp3) is 0.462. The van der Waals surface area contributed by atoms with Crippen LogP contribution in [0.15, 0.2) is 6.07 Å². The molecule has 6 nitrogen and oxygen atoms in total. The van der Waals surface area contributed by atoms with Crippen molar-refractivity contribution in [1.82, 2.24) is 5.32 Å². The van der Waals surface area contributed by atoms with Crippen LogP contribution in [0.4, 0.5) is 5.00 Å². The van der Waals surface area contributed by atoms with Crippen molar-refractivity contribution in [2.24, 2.45) is 0 Å². The minimum absolute atomic E-state index is 0.270. The minimum atomic E-state index is -1.08. The van der Waals surface area contributed by atoms with Gasteiger partial charge in [-0.15, -0.1) is 11.3 Å². The predicted octanol–water partition coefficient (Wildman–Crippen LogP) is 1.86. The van der Waals surface area contributed by atoms with Crippen LogP contribution in [0, 0.1) is 0 Å². The lowest BCUT2D eigenvalue weighted by Crippen LogP contribution is -2.40. The molecule has 0 aliphatic rings. The third-order valence-electron chi connectivity index (χ3n) is 2.68. The van der Waals surface area contributed by atoms with Crippen LogP contribution in [-0.4, -0.2) is 28.9 Å². The Hall–Kier alpha value is -1.89. The topological polar surface area (TPSA) is 95.5 Å². The molecule has 7 heteroatoms. The van der Waals surface area contributed by atoms with E-state index in [0.29, 0.717) is 17.0 Å². The third-order valence-corrected chi connectivity index (χ3v) is 3.87. The Balaban J connectivity index is 2.98. The molecule has 0 aliphatic carbocycles. The number of amides is 2. The Bertz CT molecular complexity index is 524. The quantitative estimate of drug-likeness (QED) is 0.747. The molecule has 3 N–H and O–H groups in total. The predicted molar refractivity (Wildman–Crippen MR) is 77.2 cm³/mol. The van der Waals surface area contributed by atoms with E-state index in [1.54, 1.807) is 13.0 Å². The molecule has 1 aromatic heterocycles. The van der Waals surface area contributed by atoms with Gasteiger partial charge in [0.05, 0.1) is 5.56 Å². The standard InChI is InChI=1S/C13H18N2O4S/c1-4-8-6-9(12(20-8)14-7(3)16)11(17)15-10(5-2)13(18)19/h6,10H,4-5H2,1-3H3,(H,14,16)(H,15,17)(H,18,19). The Kier molecular flexibility index (Phi) is 5.69. The Morgan fingerprint density at radius 3 is 2.45 bits per heavy atom. The molecule has 1 unspecified atom stereocenters. The van der Waals surface area contributed by atoms with Crippen molar-refractivity contribution in [2.45, 2.75) is 39.7 Å². The summed E-state index contributed by atoms with van der Waals surface area (Å²) >= 11 is 1.32. The number of rotatable bonds is 6. The van der Waals surface area contributed by atoms with Crippen molar-refractivity contribution < 1.29 is 19.5 Å². The smallest absolute Gasteiger partial charge is 0.326 e. The summed E-state index contributed by atoms with van der Waals surface area (Å²) in [6.07, 6.45) is 1.03. The summed E-state index contributed by atoms with van der Waals surface area (Å²) in [6.45, 7) is 4.98. The van der Waals surface area contributed by atoms with E-state index >= 15 is 0 Å². The first kappa shape index (κ1) is 16.2. The van der Waals surface area contributed by atoms with Gasteiger partial charge in [-0.3, -0.25) is 9.59 Å². The van der Waals surface area contributed by atoms with E-state index < -0.39 is 17.9 Å². The maximum atomic E-state index is 12.1. The number of hydrogen-bond donors (Lipinski definition) is 3. The largest absolute Gasteiger partial charge is 0.480 e. The molecule has 0 spiro atoms. The summed E-state index contributed by atoms with van der Waals surface area (Å²) in [5.74, 6) is -1.83. The first-order valence-electron chi connectivity index (χ1n) is 6.32. The lowest BCUT2D eigenvalue weighted by Gasteiger charge is -2.12. The normalized spacial score (nSPS) is 11.8. The summed E-state index contributed by atoms with van der Waals surface area (Å²) in [4.78, 5) is 35.2. The van der Waals surface area contributed by atoms with E-state index in [4.69, 9.17) is 5.11 Å². The SMILES string of the molecule is CCc1cc(C(=O)NC(CC)C(=O)O)c(NC(C)=O)s1. The number of carbonyl (C=O) groups is 3. The van der Waals surface area contributed by atoms with Crippen molar-refractivity contribution in [3.63, 3.8) is 0 Å². The van der Waals surface area contributed by atoms with Gasteiger partial charge in [0, 0.05) is 11.8 Å². The lowest BCUT2D eigenvalue weighted by molar-refractivity contribution is -0.139. The van der Waals surface area contributed by atoms with E-state index in [1.165, 1.54) is 18.3 Å². The fourth-order valence-electron chi connectivity index (χ4n) is 1.61. The number of carboxylic acid groups (broad SMARTS) is 1. The first-order chi connectivity index (χ1) is 9.38.